The van der Waals surface area contributed by atoms with E-state index in [0.29, 0.717) is 16.4 Å². The summed E-state index contributed by atoms with van der Waals surface area (Å²) >= 11 is 1.05. The number of amidine groups is 1. The van der Waals surface area contributed by atoms with E-state index < -0.39 is 23.3 Å². The first kappa shape index (κ1) is 25.3. The van der Waals surface area contributed by atoms with E-state index in [2.05, 4.69) is 14.7 Å². The van der Waals surface area contributed by atoms with Crippen molar-refractivity contribution in [1.29, 1.82) is 0 Å². The summed E-state index contributed by atoms with van der Waals surface area (Å²) in [5.74, 6) is 0.464. The average molecular weight is 495 g/mol. The van der Waals surface area contributed by atoms with Gasteiger partial charge in [-0.25, -0.2) is 0 Å². The summed E-state index contributed by atoms with van der Waals surface area (Å²) in [7, 11) is 0. The molecular weight excluding hydrogens is 469 g/mol. The lowest BCUT2D eigenvalue weighted by atomic mass is 10.1. The van der Waals surface area contributed by atoms with Crippen molar-refractivity contribution in [3.8, 4) is 11.5 Å². The lowest BCUT2D eigenvalue weighted by molar-refractivity contribution is -0.137. The Labute approximate surface area is 198 Å². The van der Waals surface area contributed by atoms with Crippen LogP contribution < -0.4 is 21.3 Å². The molecular formula is C23H25F3N4O3S. The largest absolute Gasteiger partial charge is 0.457 e. The zero-order valence-electron chi connectivity index (χ0n) is 18.7. The maximum absolute atomic E-state index is 12.9. The zero-order valence-corrected chi connectivity index (χ0v) is 19.6. The van der Waals surface area contributed by atoms with Crippen LogP contribution in [0.1, 0.15) is 30.5 Å². The number of ether oxygens (including phenoxy) is 1. The maximum atomic E-state index is 12.9. The second-order valence-electron chi connectivity index (χ2n) is 7.98. The van der Waals surface area contributed by atoms with Gasteiger partial charge in [0.2, 0.25) is 0 Å². The number of halogens is 3. The van der Waals surface area contributed by atoms with E-state index >= 15 is 0 Å². The molecule has 7 nitrogen and oxygen atoms in total. The minimum atomic E-state index is -4.46. The monoisotopic (exact) mass is 494 g/mol. The Bertz CT molecular complexity index is 1230. The van der Waals surface area contributed by atoms with Gasteiger partial charge in [0.15, 0.2) is 0 Å². The zero-order chi connectivity index (χ0) is 25.0. The van der Waals surface area contributed by atoms with E-state index in [1.807, 2.05) is 13.8 Å². The number of anilines is 2. The minimum Gasteiger partial charge on any atom is -0.457 e. The molecule has 0 amide bonds. The molecule has 0 aliphatic heterocycles. The molecule has 34 heavy (non-hydrogen) atoms. The summed E-state index contributed by atoms with van der Waals surface area (Å²) in [5.41, 5.74) is 6.42. The Hall–Kier alpha value is -3.31. The molecule has 3 rings (SSSR count). The van der Waals surface area contributed by atoms with Crippen LogP contribution in [0.2, 0.25) is 0 Å². The van der Waals surface area contributed by atoms with E-state index in [1.54, 1.807) is 25.1 Å². The average Bonchev–Trinajstić information content (AvgIpc) is 3.13. The first-order valence-electron chi connectivity index (χ1n) is 10.4. The summed E-state index contributed by atoms with van der Waals surface area (Å²) in [6.45, 7) is 5.37. The number of nitrogens with one attached hydrogen (secondary N) is 2. The van der Waals surface area contributed by atoms with Gasteiger partial charge in [0.1, 0.15) is 27.9 Å². The molecule has 0 spiro atoms. The fourth-order valence-electron chi connectivity index (χ4n) is 3.10. The Kier molecular flexibility index (Phi) is 7.68. The quantitative estimate of drug-likeness (QED) is 0.259. The Balaban J connectivity index is 1.83. The molecule has 182 valence electrons. The van der Waals surface area contributed by atoms with Crippen LogP contribution in [0.5, 0.6) is 11.5 Å². The molecule has 0 radical (unpaired) electrons. The van der Waals surface area contributed by atoms with Gasteiger partial charge in [0.25, 0.3) is 5.56 Å². The second kappa shape index (κ2) is 10.3. The summed E-state index contributed by atoms with van der Waals surface area (Å²) in [5, 5.41) is 13.1. The van der Waals surface area contributed by atoms with Gasteiger partial charge in [-0.15, -0.1) is 0 Å². The fourth-order valence-corrected chi connectivity index (χ4v) is 3.86. The third-order valence-electron chi connectivity index (χ3n) is 5.06. The molecule has 0 fully saturated rings. The molecule has 0 bridgehead atoms. The van der Waals surface area contributed by atoms with E-state index in [9.17, 15) is 23.1 Å². The van der Waals surface area contributed by atoms with Gasteiger partial charge < -0.3 is 20.9 Å². The highest BCUT2D eigenvalue weighted by molar-refractivity contribution is 7.10. The van der Waals surface area contributed by atoms with Crippen LogP contribution in [0.25, 0.3) is 0 Å². The SMILES string of the molecule is Cc1cc(Oc2cccc(C(F)(F)F)c2)ccc1Nc1s[nH]c(=O)c1C(N)=NC(CO)C(C)C. The molecule has 1 unspecified atom stereocenters. The lowest BCUT2D eigenvalue weighted by Gasteiger charge is -2.15. The van der Waals surface area contributed by atoms with Crippen LogP contribution >= 0.6 is 11.5 Å². The number of aromatic amines is 1. The maximum Gasteiger partial charge on any atom is 0.416 e. The first-order chi connectivity index (χ1) is 16.0. The Morgan fingerprint density at radius 3 is 2.56 bits per heavy atom. The predicted octanol–water partition coefficient (Wildman–Crippen LogP) is 5.02. The van der Waals surface area contributed by atoms with Crippen molar-refractivity contribution < 1.29 is 23.0 Å². The van der Waals surface area contributed by atoms with Gasteiger partial charge in [-0.05, 0) is 66.3 Å². The number of benzene rings is 2. The summed E-state index contributed by atoms with van der Waals surface area (Å²) in [6, 6.07) is 9.14. The minimum absolute atomic E-state index is 0.0138. The summed E-state index contributed by atoms with van der Waals surface area (Å²) < 4.78 is 47.0. The highest BCUT2D eigenvalue weighted by Gasteiger charge is 2.30. The molecule has 1 aromatic heterocycles. The van der Waals surface area contributed by atoms with E-state index in [-0.39, 0.29) is 29.7 Å². The number of aliphatic hydroxyl groups is 1. The standard InChI is InChI=1S/C23H25F3N4O3S/c1-12(2)18(11-31)28-20(27)19-21(32)30-34-22(19)29-17-8-7-16(9-13(17)3)33-15-6-4-5-14(10-15)23(24,25)26/h4-10,12,18,29,31H,11H2,1-3H3,(H2,27,28)(H,30,32). The number of aromatic nitrogens is 1. The molecule has 5 N–H and O–H groups in total. The van der Waals surface area contributed by atoms with Crippen LogP contribution in [0.15, 0.2) is 52.3 Å². The molecule has 0 aliphatic rings. The van der Waals surface area contributed by atoms with Crippen molar-refractivity contribution in [2.24, 2.45) is 16.6 Å². The van der Waals surface area contributed by atoms with Crippen molar-refractivity contribution in [3.05, 3.63) is 69.5 Å². The van der Waals surface area contributed by atoms with Crippen molar-refractivity contribution in [1.82, 2.24) is 4.37 Å². The summed E-state index contributed by atoms with van der Waals surface area (Å²) in [6.07, 6.45) is -4.46. The van der Waals surface area contributed by atoms with E-state index in [0.717, 1.165) is 29.2 Å². The molecule has 3 aromatic rings. The number of alkyl halides is 3. The van der Waals surface area contributed by atoms with Crippen LogP contribution in [-0.2, 0) is 6.18 Å². The van der Waals surface area contributed by atoms with Crippen molar-refractivity contribution >= 4 is 28.1 Å². The number of hydrogen-bond acceptors (Lipinski definition) is 6. The van der Waals surface area contributed by atoms with Crippen LogP contribution in [0, 0.1) is 12.8 Å². The predicted molar refractivity (Wildman–Crippen MR) is 127 cm³/mol. The molecule has 0 aliphatic carbocycles. The second-order valence-corrected chi connectivity index (χ2v) is 8.79. The first-order valence-corrected chi connectivity index (χ1v) is 11.2. The van der Waals surface area contributed by atoms with E-state index in [1.165, 1.54) is 12.1 Å². The topological polar surface area (TPSA) is 113 Å². The van der Waals surface area contributed by atoms with E-state index in [4.69, 9.17) is 10.5 Å². The van der Waals surface area contributed by atoms with Gasteiger partial charge >= 0.3 is 6.18 Å². The molecule has 0 saturated carbocycles. The van der Waals surface area contributed by atoms with Crippen molar-refractivity contribution in [2.45, 2.75) is 33.0 Å². The third-order valence-corrected chi connectivity index (χ3v) is 5.86. The normalized spacial score (nSPS) is 13.2. The number of hydrogen-bond donors (Lipinski definition) is 4. The number of aryl methyl sites for hydroxylation is 1. The van der Waals surface area contributed by atoms with Crippen LogP contribution in [0.3, 0.4) is 0 Å². The fraction of sp³-hybridized carbons (Fsp3) is 0.304. The van der Waals surface area contributed by atoms with Gasteiger partial charge in [-0.2, -0.15) is 13.2 Å². The van der Waals surface area contributed by atoms with Gasteiger partial charge in [0.05, 0.1) is 18.2 Å². The van der Waals surface area contributed by atoms with Crippen LogP contribution in [-0.4, -0.2) is 28.0 Å². The summed E-state index contributed by atoms with van der Waals surface area (Å²) in [4.78, 5) is 16.6. The molecule has 1 heterocycles. The Morgan fingerprint density at radius 1 is 1.24 bits per heavy atom. The number of aliphatic hydroxyl groups excluding tert-OH is 1. The third kappa shape index (κ3) is 5.97. The Morgan fingerprint density at radius 2 is 1.94 bits per heavy atom. The number of nitrogens with two attached hydrogens (primary N) is 1. The van der Waals surface area contributed by atoms with Crippen LogP contribution in [0.4, 0.5) is 23.9 Å². The van der Waals surface area contributed by atoms with Gasteiger partial charge in [0, 0.05) is 5.69 Å². The number of nitrogens with zero attached hydrogens (tertiary/aromatic N) is 1. The highest BCUT2D eigenvalue weighted by Crippen LogP contribution is 2.34. The molecule has 0 saturated heterocycles. The highest BCUT2D eigenvalue weighted by atomic mass is 32.1. The smallest absolute Gasteiger partial charge is 0.416 e. The number of rotatable bonds is 8. The number of aliphatic imine (C=N–C) groups is 1. The van der Waals surface area contributed by atoms with Crippen molar-refractivity contribution in [3.63, 3.8) is 0 Å². The molecule has 2 aromatic carbocycles. The van der Waals surface area contributed by atoms with Crippen molar-refractivity contribution in [2.75, 3.05) is 11.9 Å². The molecule has 11 heteroatoms. The molecule has 1 atom stereocenters. The van der Waals surface area contributed by atoms with Gasteiger partial charge in [-0.3, -0.25) is 14.2 Å². The van der Waals surface area contributed by atoms with Gasteiger partial charge in [-0.1, -0.05) is 19.9 Å². The lowest BCUT2D eigenvalue weighted by Crippen LogP contribution is -2.27. The number of H-pyrrole nitrogens is 1.